The SMILES string of the molecule is C=C(C)C(=O)NCCCCN(C)CCCCCCCCCCCC.Cl.N. The first-order valence-electron chi connectivity index (χ1n) is 10.2. The van der Waals surface area contributed by atoms with E-state index in [0.29, 0.717) is 5.57 Å². The molecule has 0 atom stereocenters. The fraction of sp³-hybridized carbons (Fsp3) is 0.857. The summed E-state index contributed by atoms with van der Waals surface area (Å²) < 4.78 is 0. The molecule has 0 heterocycles. The van der Waals surface area contributed by atoms with Gasteiger partial charge in [-0.2, -0.15) is 0 Å². The van der Waals surface area contributed by atoms with Crippen LogP contribution >= 0.6 is 12.4 Å². The number of nitrogens with one attached hydrogen (secondary N) is 1. The van der Waals surface area contributed by atoms with Crippen LogP contribution in [-0.2, 0) is 4.79 Å². The lowest BCUT2D eigenvalue weighted by atomic mass is 10.1. The van der Waals surface area contributed by atoms with Crippen LogP contribution in [-0.4, -0.2) is 37.5 Å². The molecule has 5 heteroatoms. The van der Waals surface area contributed by atoms with Gasteiger partial charge in [-0.15, -0.1) is 12.4 Å². The molecule has 0 aromatic carbocycles. The molecule has 0 aliphatic heterocycles. The fourth-order valence-corrected chi connectivity index (χ4v) is 2.84. The molecule has 4 nitrogen and oxygen atoms in total. The van der Waals surface area contributed by atoms with E-state index in [1.807, 2.05) is 0 Å². The van der Waals surface area contributed by atoms with Gasteiger partial charge >= 0.3 is 0 Å². The first-order valence-corrected chi connectivity index (χ1v) is 10.2. The third-order valence-corrected chi connectivity index (χ3v) is 4.53. The van der Waals surface area contributed by atoms with E-state index >= 15 is 0 Å². The molecule has 26 heavy (non-hydrogen) atoms. The second kappa shape index (κ2) is 22.5. The molecule has 0 saturated heterocycles. The van der Waals surface area contributed by atoms with Gasteiger partial charge < -0.3 is 16.4 Å². The van der Waals surface area contributed by atoms with Crippen molar-refractivity contribution in [3.8, 4) is 0 Å². The van der Waals surface area contributed by atoms with Gasteiger partial charge in [-0.1, -0.05) is 71.3 Å². The van der Waals surface area contributed by atoms with Crippen LogP contribution in [0.25, 0.3) is 0 Å². The van der Waals surface area contributed by atoms with Crippen LogP contribution in [0.1, 0.15) is 90.9 Å². The van der Waals surface area contributed by atoms with E-state index in [9.17, 15) is 4.79 Å². The largest absolute Gasteiger partial charge is 0.352 e. The van der Waals surface area contributed by atoms with Crippen LogP contribution in [0, 0.1) is 0 Å². The van der Waals surface area contributed by atoms with E-state index in [4.69, 9.17) is 0 Å². The summed E-state index contributed by atoms with van der Waals surface area (Å²) in [7, 11) is 2.21. The van der Waals surface area contributed by atoms with E-state index in [1.54, 1.807) is 6.92 Å². The van der Waals surface area contributed by atoms with Crippen LogP contribution in [0.5, 0.6) is 0 Å². The molecule has 0 rings (SSSR count). The molecular formula is C21H46ClN3O. The molecule has 1 amide bonds. The second-order valence-corrected chi connectivity index (χ2v) is 7.23. The zero-order chi connectivity index (χ0) is 18.0. The molecule has 0 spiro atoms. The highest BCUT2D eigenvalue weighted by molar-refractivity contribution is 5.91. The number of rotatable bonds is 17. The number of hydrogen-bond donors (Lipinski definition) is 2. The van der Waals surface area contributed by atoms with Crippen molar-refractivity contribution in [3.63, 3.8) is 0 Å². The Morgan fingerprint density at radius 3 is 1.73 bits per heavy atom. The Balaban J connectivity index is -0.00000264. The van der Waals surface area contributed by atoms with Gasteiger partial charge in [-0.3, -0.25) is 4.79 Å². The van der Waals surface area contributed by atoms with Gasteiger partial charge in [0.25, 0.3) is 0 Å². The van der Waals surface area contributed by atoms with Gasteiger partial charge in [-0.25, -0.2) is 0 Å². The Morgan fingerprint density at radius 2 is 1.27 bits per heavy atom. The second-order valence-electron chi connectivity index (χ2n) is 7.23. The first-order chi connectivity index (χ1) is 11.6. The average Bonchev–Trinajstić information content (AvgIpc) is 2.55. The Kier molecular flexibility index (Phi) is 26.1. The van der Waals surface area contributed by atoms with E-state index in [1.165, 1.54) is 70.8 Å². The fourth-order valence-electron chi connectivity index (χ4n) is 2.84. The highest BCUT2D eigenvalue weighted by atomic mass is 35.5. The minimum atomic E-state index is -0.0197. The summed E-state index contributed by atoms with van der Waals surface area (Å²) in [4.78, 5) is 13.8. The lowest BCUT2D eigenvalue weighted by Crippen LogP contribution is -2.26. The topological polar surface area (TPSA) is 67.3 Å². The van der Waals surface area contributed by atoms with Crippen LogP contribution in [0.4, 0.5) is 0 Å². The lowest BCUT2D eigenvalue weighted by Gasteiger charge is -2.16. The van der Waals surface area contributed by atoms with E-state index in [-0.39, 0.29) is 24.5 Å². The monoisotopic (exact) mass is 391 g/mol. The van der Waals surface area contributed by atoms with Crippen molar-refractivity contribution in [1.82, 2.24) is 16.4 Å². The zero-order valence-corrected chi connectivity index (χ0v) is 18.6. The molecule has 0 bridgehead atoms. The van der Waals surface area contributed by atoms with Crippen molar-refractivity contribution < 1.29 is 4.79 Å². The molecule has 0 radical (unpaired) electrons. The van der Waals surface area contributed by atoms with E-state index in [0.717, 1.165) is 25.9 Å². The summed E-state index contributed by atoms with van der Waals surface area (Å²) in [6.07, 6.45) is 16.2. The van der Waals surface area contributed by atoms with Gasteiger partial charge in [0.1, 0.15) is 0 Å². The molecule has 0 fully saturated rings. The predicted octanol–water partition coefficient (Wildman–Crippen LogP) is 5.90. The number of carbonyl (C=O) groups excluding carboxylic acids is 1. The Morgan fingerprint density at radius 1 is 0.846 bits per heavy atom. The van der Waals surface area contributed by atoms with Crippen LogP contribution in [0.3, 0.4) is 0 Å². The molecule has 0 saturated carbocycles. The van der Waals surface area contributed by atoms with Gasteiger partial charge in [-0.05, 0) is 46.3 Å². The van der Waals surface area contributed by atoms with Crippen molar-refractivity contribution >= 4 is 18.3 Å². The van der Waals surface area contributed by atoms with Gasteiger partial charge in [0.2, 0.25) is 5.91 Å². The number of amides is 1. The van der Waals surface area contributed by atoms with Crippen LogP contribution in [0.2, 0.25) is 0 Å². The Bertz CT molecular complexity index is 324. The number of unbranched alkanes of at least 4 members (excludes halogenated alkanes) is 10. The summed E-state index contributed by atoms with van der Waals surface area (Å²) in [6, 6.07) is 0. The smallest absolute Gasteiger partial charge is 0.246 e. The highest BCUT2D eigenvalue weighted by Gasteiger charge is 2.01. The highest BCUT2D eigenvalue weighted by Crippen LogP contribution is 2.10. The lowest BCUT2D eigenvalue weighted by molar-refractivity contribution is -0.117. The third-order valence-electron chi connectivity index (χ3n) is 4.53. The van der Waals surface area contributed by atoms with Crippen molar-refractivity contribution in [3.05, 3.63) is 12.2 Å². The summed E-state index contributed by atoms with van der Waals surface area (Å²) in [5.41, 5.74) is 0.591. The quantitative estimate of drug-likeness (QED) is 0.239. The minimum Gasteiger partial charge on any atom is -0.352 e. The van der Waals surface area contributed by atoms with Crippen molar-refractivity contribution in [2.45, 2.75) is 90.9 Å². The maximum atomic E-state index is 11.3. The van der Waals surface area contributed by atoms with E-state index in [2.05, 4.69) is 30.8 Å². The summed E-state index contributed by atoms with van der Waals surface area (Å²) >= 11 is 0. The van der Waals surface area contributed by atoms with Crippen molar-refractivity contribution in [2.24, 2.45) is 0 Å². The average molecular weight is 392 g/mol. The van der Waals surface area contributed by atoms with Crippen molar-refractivity contribution in [2.75, 3.05) is 26.7 Å². The summed E-state index contributed by atoms with van der Waals surface area (Å²) in [6.45, 7) is 10.8. The third kappa shape index (κ3) is 21.5. The summed E-state index contributed by atoms with van der Waals surface area (Å²) in [5, 5.41) is 2.89. The van der Waals surface area contributed by atoms with Crippen LogP contribution in [0.15, 0.2) is 12.2 Å². The molecule has 0 aliphatic carbocycles. The van der Waals surface area contributed by atoms with Gasteiger partial charge in [0, 0.05) is 12.1 Å². The molecule has 0 aliphatic rings. The minimum absolute atomic E-state index is 0. The van der Waals surface area contributed by atoms with Gasteiger partial charge in [0.15, 0.2) is 0 Å². The number of nitrogens with zero attached hydrogens (tertiary/aromatic N) is 1. The molecule has 0 aromatic rings. The molecular weight excluding hydrogens is 346 g/mol. The van der Waals surface area contributed by atoms with E-state index < -0.39 is 0 Å². The Labute approximate surface area is 169 Å². The summed E-state index contributed by atoms with van der Waals surface area (Å²) in [5.74, 6) is -0.0197. The number of halogens is 1. The van der Waals surface area contributed by atoms with Gasteiger partial charge in [0.05, 0.1) is 0 Å². The van der Waals surface area contributed by atoms with Crippen LogP contribution < -0.4 is 11.5 Å². The number of hydrogen-bond acceptors (Lipinski definition) is 3. The maximum Gasteiger partial charge on any atom is 0.246 e. The standard InChI is InChI=1S/C21H42N2O.ClH.H3N/c1-5-6-7-8-9-10-11-12-13-15-18-23(4)19-16-14-17-22-21(24)20(2)3;;/h2,5-19H2,1,3-4H3,(H,22,24);1H;1H3. The molecule has 0 unspecified atom stereocenters. The van der Waals surface area contributed by atoms with Crippen molar-refractivity contribution in [1.29, 1.82) is 0 Å². The Hall–Kier alpha value is -0.580. The number of carbonyl (C=O) groups is 1. The zero-order valence-electron chi connectivity index (χ0n) is 17.8. The molecule has 158 valence electrons. The molecule has 4 N–H and O–H groups in total. The molecule has 0 aromatic heterocycles. The maximum absolute atomic E-state index is 11.3. The normalized spacial score (nSPS) is 10.2. The predicted molar refractivity (Wildman–Crippen MR) is 119 cm³/mol. The first kappa shape index (κ1) is 30.2.